The van der Waals surface area contributed by atoms with Gasteiger partial charge in [-0.2, -0.15) is 0 Å². The molecule has 1 amide bonds. The molecule has 27 heavy (non-hydrogen) atoms. The maximum Gasteiger partial charge on any atom is 0.261 e. The van der Waals surface area contributed by atoms with E-state index >= 15 is 0 Å². The van der Waals surface area contributed by atoms with Crippen LogP contribution in [-0.4, -0.2) is 63.7 Å². The predicted octanol–water partition coefficient (Wildman–Crippen LogP) is 2.84. The van der Waals surface area contributed by atoms with Gasteiger partial charge in [0.15, 0.2) is 0 Å². The summed E-state index contributed by atoms with van der Waals surface area (Å²) in [5.74, 6) is 1.79. The number of hydrogen-bond donors (Lipinski definition) is 0. The van der Waals surface area contributed by atoms with Gasteiger partial charge in [-0.25, -0.2) is 0 Å². The van der Waals surface area contributed by atoms with Gasteiger partial charge in [-0.05, 0) is 36.9 Å². The van der Waals surface area contributed by atoms with Crippen LogP contribution in [0, 0.1) is 0 Å². The molecule has 0 aliphatic carbocycles. The molecular weight excluding hydrogens is 344 g/mol. The standard InChI is InChI=1S/C21H26N2O4/c1-22-11-12-23(14-17(22)15-7-5-8-16(13-15)25-2)21(24)20-18(26-3)9-6-10-19(20)27-4/h5-10,13,17H,11-12,14H2,1-4H3. The van der Waals surface area contributed by atoms with Gasteiger partial charge in [0, 0.05) is 19.6 Å². The summed E-state index contributed by atoms with van der Waals surface area (Å²) in [7, 11) is 6.87. The Bertz CT molecular complexity index is 786. The van der Waals surface area contributed by atoms with Gasteiger partial charge in [-0.15, -0.1) is 0 Å². The smallest absolute Gasteiger partial charge is 0.261 e. The molecule has 0 spiro atoms. The summed E-state index contributed by atoms with van der Waals surface area (Å²) in [5.41, 5.74) is 1.60. The van der Waals surface area contributed by atoms with E-state index in [4.69, 9.17) is 14.2 Å². The summed E-state index contributed by atoms with van der Waals surface area (Å²) in [4.78, 5) is 17.4. The number of carbonyl (C=O) groups is 1. The van der Waals surface area contributed by atoms with Gasteiger partial charge < -0.3 is 19.1 Å². The lowest BCUT2D eigenvalue weighted by atomic mass is 10.0. The van der Waals surface area contributed by atoms with Crippen molar-refractivity contribution in [3.8, 4) is 17.2 Å². The first kappa shape index (κ1) is 19.0. The minimum absolute atomic E-state index is 0.0784. The number of carbonyl (C=O) groups excluding carboxylic acids is 1. The van der Waals surface area contributed by atoms with Crippen molar-refractivity contribution in [1.29, 1.82) is 0 Å². The molecule has 1 heterocycles. The number of nitrogens with zero attached hydrogens (tertiary/aromatic N) is 2. The largest absolute Gasteiger partial charge is 0.497 e. The summed E-state index contributed by atoms with van der Waals surface area (Å²) in [6.45, 7) is 2.02. The molecule has 0 bridgehead atoms. The maximum atomic E-state index is 13.3. The van der Waals surface area contributed by atoms with Crippen LogP contribution in [0.15, 0.2) is 42.5 Å². The quantitative estimate of drug-likeness (QED) is 0.810. The van der Waals surface area contributed by atoms with E-state index < -0.39 is 0 Å². The molecule has 0 N–H and O–H groups in total. The van der Waals surface area contributed by atoms with Crippen LogP contribution in [0.4, 0.5) is 0 Å². The highest BCUT2D eigenvalue weighted by Crippen LogP contribution is 2.32. The molecule has 6 nitrogen and oxygen atoms in total. The average molecular weight is 370 g/mol. The van der Waals surface area contributed by atoms with E-state index in [1.807, 2.05) is 29.2 Å². The SMILES string of the molecule is COc1cccc(C2CN(C(=O)c3c(OC)cccc3OC)CCN2C)c1. The van der Waals surface area contributed by atoms with Gasteiger partial charge >= 0.3 is 0 Å². The molecule has 2 aromatic carbocycles. The zero-order valence-electron chi connectivity index (χ0n) is 16.3. The van der Waals surface area contributed by atoms with E-state index in [9.17, 15) is 4.79 Å². The van der Waals surface area contributed by atoms with Crippen molar-refractivity contribution in [2.75, 3.05) is 48.0 Å². The zero-order valence-corrected chi connectivity index (χ0v) is 16.3. The molecule has 1 atom stereocenters. The molecule has 0 saturated carbocycles. The second-order valence-electron chi connectivity index (χ2n) is 6.56. The van der Waals surface area contributed by atoms with Crippen LogP contribution in [0.3, 0.4) is 0 Å². The second-order valence-corrected chi connectivity index (χ2v) is 6.56. The fourth-order valence-electron chi connectivity index (χ4n) is 3.49. The van der Waals surface area contributed by atoms with Gasteiger partial charge in [0.05, 0.1) is 27.4 Å². The molecule has 3 rings (SSSR count). The Labute approximate surface area is 160 Å². The van der Waals surface area contributed by atoms with Gasteiger partial charge in [0.25, 0.3) is 5.91 Å². The molecule has 0 radical (unpaired) electrons. The minimum atomic E-state index is -0.0784. The number of methoxy groups -OCH3 is 3. The second kappa shape index (κ2) is 8.31. The predicted molar refractivity (Wildman–Crippen MR) is 104 cm³/mol. The number of ether oxygens (including phenoxy) is 3. The van der Waals surface area contributed by atoms with E-state index in [2.05, 4.69) is 18.0 Å². The van der Waals surface area contributed by atoms with E-state index in [0.29, 0.717) is 30.2 Å². The summed E-state index contributed by atoms with van der Waals surface area (Å²) < 4.78 is 16.2. The molecular formula is C21H26N2O4. The normalized spacial score (nSPS) is 17.5. The van der Waals surface area contributed by atoms with Crippen molar-refractivity contribution in [1.82, 2.24) is 9.80 Å². The highest BCUT2D eigenvalue weighted by molar-refractivity contribution is 5.99. The first-order chi connectivity index (χ1) is 13.1. The third kappa shape index (κ3) is 3.85. The van der Waals surface area contributed by atoms with Crippen molar-refractivity contribution >= 4 is 5.91 Å². The molecule has 0 aromatic heterocycles. The first-order valence-electron chi connectivity index (χ1n) is 8.93. The van der Waals surface area contributed by atoms with E-state index in [0.717, 1.165) is 17.9 Å². The molecule has 1 fully saturated rings. The van der Waals surface area contributed by atoms with Crippen LogP contribution in [0.25, 0.3) is 0 Å². The summed E-state index contributed by atoms with van der Waals surface area (Å²) in [6, 6.07) is 13.5. The molecule has 1 unspecified atom stereocenters. The third-order valence-electron chi connectivity index (χ3n) is 5.06. The van der Waals surface area contributed by atoms with Crippen LogP contribution in [0.1, 0.15) is 22.0 Å². The van der Waals surface area contributed by atoms with E-state index in [1.54, 1.807) is 33.5 Å². The van der Waals surface area contributed by atoms with Crippen molar-refractivity contribution in [2.24, 2.45) is 0 Å². The minimum Gasteiger partial charge on any atom is -0.497 e. The van der Waals surface area contributed by atoms with Crippen molar-refractivity contribution in [3.05, 3.63) is 53.6 Å². The number of rotatable bonds is 5. The van der Waals surface area contributed by atoms with E-state index in [-0.39, 0.29) is 11.9 Å². The lowest BCUT2D eigenvalue weighted by Gasteiger charge is -2.40. The van der Waals surface area contributed by atoms with Gasteiger partial charge in [-0.1, -0.05) is 18.2 Å². The topological polar surface area (TPSA) is 51.2 Å². The van der Waals surface area contributed by atoms with Crippen molar-refractivity contribution < 1.29 is 19.0 Å². The van der Waals surface area contributed by atoms with Gasteiger partial charge in [0.2, 0.25) is 0 Å². The highest BCUT2D eigenvalue weighted by atomic mass is 16.5. The molecule has 1 saturated heterocycles. The number of hydrogen-bond acceptors (Lipinski definition) is 5. The van der Waals surface area contributed by atoms with Gasteiger partial charge in [0.1, 0.15) is 22.8 Å². The molecule has 1 aliphatic rings. The van der Waals surface area contributed by atoms with Crippen LogP contribution in [-0.2, 0) is 0 Å². The van der Waals surface area contributed by atoms with Crippen LogP contribution >= 0.6 is 0 Å². The van der Waals surface area contributed by atoms with Crippen molar-refractivity contribution in [2.45, 2.75) is 6.04 Å². The Hall–Kier alpha value is -2.73. The van der Waals surface area contributed by atoms with Gasteiger partial charge in [-0.3, -0.25) is 9.69 Å². The fraction of sp³-hybridized carbons (Fsp3) is 0.381. The maximum absolute atomic E-state index is 13.3. The lowest BCUT2D eigenvalue weighted by Crippen LogP contribution is -2.49. The number of piperazine rings is 1. The van der Waals surface area contributed by atoms with Crippen LogP contribution < -0.4 is 14.2 Å². The number of benzene rings is 2. The van der Waals surface area contributed by atoms with Crippen molar-refractivity contribution in [3.63, 3.8) is 0 Å². The molecule has 6 heteroatoms. The van der Waals surface area contributed by atoms with Crippen LogP contribution in [0.5, 0.6) is 17.2 Å². The Morgan fingerprint density at radius 3 is 2.26 bits per heavy atom. The molecule has 1 aliphatic heterocycles. The number of likely N-dealkylation sites (N-methyl/N-ethyl adjacent to an activating group) is 1. The molecule has 2 aromatic rings. The Morgan fingerprint density at radius 1 is 0.963 bits per heavy atom. The third-order valence-corrected chi connectivity index (χ3v) is 5.06. The Morgan fingerprint density at radius 2 is 1.63 bits per heavy atom. The molecule has 144 valence electrons. The highest BCUT2D eigenvalue weighted by Gasteiger charge is 2.31. The van der Waals surface area contributed by atoms with Crippen LogP contribution in [0.2, 0.25) is 0 Å². The monoisotopic (exact) mass is 370 g/mol. The number of amides is 1. The summed E-state index contributed by atoms with van der Waals surface area (Å²) >= 11 is 0. The first-order valence-corrected chi connectivity index (χ1v) is 8.93. The fourth-order valence-corrected chi connectivity index (χ4v) is 3.49. The van der Waals surface area contributed by atoms with E-state index in [1.165, 1.54) is 0 Å². The summed E-state index contributed by atoms with van der Waals surface area (Å²) in [5, 5.41) is 0. The Kier molecular flexibility index (Phi) is 5.86. The zero-order chi connectivity index (χ0) is 19.4. The lowest BCUT2D eigenvalue weighted by molar-refractivity contribution is 0.0540. The Balaban J connectivity index is 1.89. The average Bonchev–Trinajstić information content (AvgIpc) is 2.72. The summed E-state index contributed by atoms with van der Waals surface area (Å²) in [6.07, 6.45) is 0.